The standard InChI is InChI=1S/C19H26N4O.ClH/c24-19(21-12-4-8-16-6-2-1-3-7-16)15-23-18(10-13-22-23)17-9-5-11-20-14-17;/h1-3,6-7,10,13,17,20H,4-5,8-9,11-12,14-15H2,(H,21,24);1H. The third-order valence-corrected chi connectivity index (χ3v) is 4.57. The van der Waals surface area contributed by atoms with Crippen LogP contribution in [0, 0.1) is 0 Å². The van der Waals surface area contributed by atoms with Gasteiger partial charge in [-0.1, -0.05) is 30.3 Å². The summed E-state index contributed by atoms with van der Waals surface area (Å²) in [5.41, 5.74) is 2.48. The van der Waals surface area contributed by atoms with Crippen LogP contribution in [0.25, 0.3) is 0 Å². The van der Waals surface area contributed by atoms with Crippen LogP contribution in [0.1, 0.15) is 36.4 Å². The molecule has 1 saturated heterocycles. The van der Waals surface area contributed by atoms with E-state index in [2.05, 4.69) is 27.9 Å². The fourth-order valence-electron chi connectivity index (χ4n) is 3.28. The first-order valence-corrected chi connectivity index (χ1v) is 8.86. The monoisotopic (exact) mass is 362 g/mol. The molecule has 2 heterocycles. The van der Waals surface area contributed by atoms with Crippen molar-refractivity contribution in [3.63, 3.8) is 0 Å². The lowest BCUT2D eigenvalue weighted by atomic mass is 9.96. The zero-order valence-electron chi connectivity index (χ0n) is 14.5. The van der Waals surface area contributed by atoms with Crippen molar-refractivity contribution < 1.29 is 4.79 Å². The van der Waals surface area contributed by atoms with Crippen LogP contribution in [0.4, 0.5) is 0 Å². The summed E-state index contributed by atoms with van der Waals surface area (Å²) >= 11 is 0. The molecule has 2 N–H and O–H groups in total. The number of aromatic nitrogens is 2. The molecule has 6 heteroatoms. The summed E-state index contributed by atoms with van der Waals surface area (Å²) in [4.78, 5) is 12.2. The Morgan fingerprint density at radius 2 is 2.12 bits per heavy atom. The highest BCUT2D eigenvalue weighted by Crippen LogP contribution is 2.22. The molecule has 0 radical (unpaired) electrons. The van der Waals surface area contributed by atoms with Gasteiger partial charge in [-0.05, 0) is 43.9 Å². The first kappa shape index (κ1) is 19.5. The molecule has 136 valence electrons. The maximum absolute atomic E-state index is 12.2. The Morgan fingerprint density at radius 3 is 2.88 bits per heavy atom. The molecule has 0 spiro atoms. The molecule has 1 amide bonds. The van der Waals surface area contributed by atoms with Gasteiger partial charge in [0.15, 0.2) is 0 Å². The van der Waals surface area contributed by atoms with Crippen molar-refractivity contribution in [2.75, 3.05) is 19.6 Å². The predicted molar refractivity (Wildman–Crippen MR) is 102 cm³/mol. The minimum Gasteiger partial charge on any atom is -0.354 e. The van der Waals surface area contributed by atoms with Gasteiger partial charge in [-0.3, -0.25) is 9.48 Å². The molecular weight excluding hydrogens is 336 g/mol. The summed E-state index contributed by atoms with van der Waals surface area (Å²) in [5, 5.41) is 10.8. The molecule has 25 heavy (non-hydrogen) atoms. The maximum Gasteiger partial charge on any atom is 0.241 e. The topological polar surface area (TPSA) is 59.0 Å². The molecule has 0 aliphatic carbocycles. The van der Waals surface area contributed by atoms with E-state index in [0.717, 1.165) is 32.4 Å². The molecular formula is C19H27ClN4O. The molecule has 5 nitrogen and oxygen atoms in total. The number of benzene rings is 1. The largest absolute Gasteiger partial charge is 0.354 e. The average molecular weight is 363 g/mol. The number of rotatable bonds is 7. The van der Waals surface area contributed by atoms with Crippen molar-refractivity contribution in [1.29, 1.82) is 0 Å². The SMILES string of the molecule is Cl.O=C(Cn1nccc1C1CCCNC1)NCCCc1ccccc1. The highest BCUT2D eigenvalue weighted by Gasteiger charge is 2.19. The number of carbonyl (C=O) groups is 1. The minimum atomic E-state index is 0. The molecule has 1 fully saturated rings. The van der Waals surface area contributed by atoms with Crippen LogP contribution in [-0.2, 0) is 17.8 Å². The van der Waals surface area contributed by atoms with Crippen molar-refractivity contribution >= 4 is 18.3 Å². The lowest BCUT2D eigenvalue weighted by Crippen LogP contribution is -2.32. The zero-order valence-corrected chi connectivity index (χ0v) is 15.3. The van der Waals surface area contributed by atoms with E-state index in [1.807, 2.05) is 28.9 Å². The van der Waals surface area contributed by atoms with Crippen LogP contribution < -0.4 is 10.6 Å². The Kier molecular flexibility index (Phi) is 7.95. The minimum absolute atomic E-state index is 0. The molecule has 0 saturated carbocycles. The molecule has 1 unspecified atom stereocenters. The van der Waals surface area contributed by atoms with Gasteiger partial charge in [0, 0.05) is 30.9 Å². The zero-order chi connectivity index (χ0) is 16.6. The van der Waals surface area contributed by atoms with Crippen molar-refractivity contribution in [3.05, 3.63) is 53.9 Å². The summed E-state index contributed by atoms with van der Waals surface area (Å²) in [6.07, 6.45) is 6.09. The Hall–Kier alpha value is -1.85. The maximum atomic E-state index is 12.2. The van der Waals surface area contributed by atoms with E-state index < -0.39 is 0 Å². The van der Waals surface area contributed by atoms with Crippen molar-refractivity contribution in [1.82, 2.24) is 20.4 Å². The number of hydrogen-bond donors (Lipinski definition) is 2. The van der Waals surface area contributed by atoms with Crippen molar-refractivity contribution in [2.45, 2.75) is 38.1 Å². The number of hydrogen-bond acceptors (Lipinski definition) is 3. The van der Waals surface area contributed by atoms with E-state index in [1.165, 1.54) is 17.7 Å². The van der Waals surface area contributed by atoms with Crippen LogP contribution in [0.2, 0.25) is 0 Å². The number of aryl methyl sites for hydroxylation is 1. The normalized spacial score (nSPS) is 16.9. The highest BCUT2D eigenvalue weighted by atomic mass is 35.5. The molecule has 1 aliphatic rings. The van der Waals surface area contributed by atoms with Crippen molar-refractivity contribution in [2.24, 2.45) is 0 Å². The summed E-state index contributed by atoms with van der Waals surface area (Å²) in [6.45, 7) is 3.08. The number of piperidine rings is 1. The fourth-order valence-corrected chi connectivity index (χ4v) is 3.28. The molecule has 0 bridgehead atoms. The summed E-state index contributed by atoms with van der Waals surface area (Å²) in [7, 11) is 0. The smallest absolute Gasteiger partial charge is 0.241 e. The third-order valence-electron chi connectivity index (χ3n) is 4.57. The van der Waals surface area contributed by atoms with Gasteiger partial charge >= 0.3 is 0 Å². The number of carbonyl (C=O) groups excluding carboxylic acids is 1. The highest BCUT2D eigenvalue weighted by molar-refractivity contribution is 5.85. The second kappa shape index (κ2) is 10.2. The number of nitrogens with zero attached hydrogens (tertiary/aromatic N) is 2. The van der Waals surface area contributed by atoms with E-state index in [4.69, 9.17) is 0 Å². The van der Waals surface area contributed by atoms with Gasteiger partial charge in [-0.2, -0.15) is 5.10 Å². The summed E-state index contributed by atoms with van der Waals surface area (Å²) < 4.78 is 1.85. The quantitative estimate of drug-likeness (QED) is 0.744. The Bertz CT molecular complexity index is 638. The summed E-state index contributed by atoms with van der Waals surface area (Å²) in [6, 6.07) is 12.4. The van der Waals surface area contributed by atoms with Gasteiger partial charge in [0.05, 0.1) is 0 Å². The van der Waals surface area contributed by atoms with E-state index in [1.54, 1.807) is 6.20 Å². The molecule has 2 aromatic rings. The second-order valence-corrected chi connectivity index (χ2v) is 6.40. The fraction of sp³-hybridized carbons (Fsp3) is 0.474. The summed E-state index contributed by atoms with van der Waals surface area (Å²) in [5.74, 6) is 0.504. The van der Waals surface area contributed by atoms with Gasteiger partial charge in [0.1, 0.15) is 6.54 Å². The third kappa shape index (κ3) is 5.87. The average Bonchev–Trinajstić information content (AvgIpc) is 3.08. The predicted octanol–water partition coefficient (Wildman–Crippen LogP) is 2.52. The van der Waals surface area contributed by atoms with Crippen molar-refractivity contribution in [3.8, 4) is 0 Å². The van der Waals surface area contributed by atoms with Gasteiger partial charge < -0.3 is 10.6 Å². The lowest BCUT2D eigenvalue weighted by molar-refractivity contribution is -0.121. The van der Waals surface area contributed by atoms with E-state index >= 15 is 0 Å². The second-order valence-electron chi connectivity index (χ2n) is 6.40. The first-order valence-electron chi connectivity index (χ1n) is 8.86. The van der Waals surface area contributed by atoms with E-state index in [0.29, 0.717) is 19.0 Å². The van der Waals surface area contributed by atoms with Gasteiger partial charge in [0.2, 0.25) is 5.91 Å². The van der Waals surface area contributed by atoms with Crippen LogP contribution in [0.5, 0.6) is 0 Å². The lowest BCUT2D eigenvalue weighted by Gasteiger charge is -2.23. The van der Waals surface area contributed by atoms with Gasteiger partial charge in [-0.15, -0.1) is 12.4 Å². The first-order chi connectivity index (χ1) is 11.8. The molecule has 1 aromatic heterocycles. The Balaban J connectivity index is 0.00000225. The molecule has 1 aliphatic heterocycles. The molecule has 1 atom stereocenters. The van der Waals surface area contributed by atoms with Gasteiger partial charge in [0.25, 0.3) is 0 Å². The van der Waals surface area contributed by atoms with Gasteiger partial charge in [-0.25, -0.2) is 0 Å². The Morgan fingerprint density at radius 1 is 1.28 bits per heavy atom. The van der Waals surface area contributed by atoms with Crippen LogP contribution in [0.15, 0.2) is 42.6 Å². The van der Waals surface area contributed by atoms with Crippen LogP contribution >= 0.6 is 12.4 Å². The molecule has 3 rings (SSSR count). The Labute approximate surface area is 155 Å². The number of halogens is 1. The molecule has 1 aromatic carbocycles. The van der Waals surface area contributed by atoms with E-state index in [-0.39, 0.29) is 18.3 Å². The number of amides is 1. The number of nitrogens with one attached hydrogen (secondary N) is 2. The van der Waals surface area contributed by atoms with Crippen LogP contribution in [0.3, 0.4) is 0 Å². The van der Waals surface area contributed by atoms with Crippen LogP contribution in [-0.4, -0.2) is 35.3 Å². The van der Waals surface area contributed by atoms with E-state index in [9.17, 15) is 4.79 Å².